The third kappa shape index (κ3) is 4.05. The number of aryl methyl sites for hydroxylation is 3. The Morgan fingerprint density at radius 1 is 1.16 bits per heavy atom. The minimum atomic E-state index is -4.51. The maximum atomic E-state index is 13.4. The third-order valence-electron chi connectivity index (χ3n) is 6.36. The van der Waals surface area contributed by atoms with Crippen molar-refractivity contribution in [2.75, 3.05) is 16.8 Å². The lowest BCUT2D eigenvalue weighted by molar-refractivity contribution is -0.137. The van der Waals surface area contributed by atoms with E-state index >= 15 is 0 Å². The molecule has 166 valence electrons. The van der Waals surface area contributed by atoms with E-state index in [1.54, 1.807) is 18.7 Å². The van der Waals surface area contributed by atoms with Crippen LogP contribution in [0.3, 0.4) is 0 Å². The second-order valence-corrected chi connectivity index (χ2v) is 8.44. The van der Waals surface area contributed by atoms with Crippen LogP contribution in [0.15, 0.2) is 36.4 Å². The first kappa shape index (κ1) is 22.8. The van der Waals surface area contributed by atoms with Crippen molar-refractivity contribution < 1.29 is 22.8 Å². The van der Waals surface area contributed by atoms with Gasteiger partial charge in [0, 0.05) is 17.9 Å². The zero-order chi connectivity index (χ0) is 23.1. The highest BCUT2D eigenvalue weighted by atomic mass is 19.4. The number of halogens is 3. The largest absolute Gasteiger partial charge is 0.416 e. The quantitative estimate of drug-likeness (QED) is 0.679. The molecule has 1 aliphatic heterocycles. The van der Waals surface area contributed by atoms with E-state index in [4.69, 9.17) is 0 Å². The summed E-state index contributed by atoms with van der Waals surface area (Å²) in [4.78, 5) is 28.2. The van der Waals surface area contributed by atoms with Gasteiger partial charge in [-0.15, -0.1) is 0 Å². The van der Waals surface area contributed by atoms with E-state index in [0.29, 0.717) is 12.0 Å². The minimum absolute atomic E-state index is 0.0790. The highest BCUT2D eigenvalue weighted by Gasteiger charge is 2.54. The van der Waals surface area contributed by atoms with Gasteiger partial charge in [-0.2, -0.15) is 13.2 Å². The Kier molecular flexibility index (Phi) is 5.91. The van der Waals surface area contributed by atoms with E-state index in [2.05, 4.69) is 5.32 Å². The number of alkyl halides is 3. The molecule has 1 fully saturated rings. The zero-order valence-corrected chi connectivity index (χ0v) is 18.4. The van der Waals surface area contributed by atoms with Crippen molar-refractivity contribution in [1.29, 1.82) is 0 Å². The average Bonchev–Trinajstić information content (AvgIpc) is 2.93. The molecule has 0 saturated carbocycles. The molecule has 0 aromatic heterocycles. The van der Waals surface area contributed by atoms with Crippen LogP contribution in [0.2, 0.25) is 0 Å². The number of rotatable bonds is 4. The topological polar surface area (TPSA) is 49.4 Å². The van der Waals surface area contributed by atoms with Crippen molar-refractivity contribution in [1.82, 2.24) is 0 Å². The number of amides is 2. The fourth-order valence-corrected chi connectivity index (χ4v) is 4.51. The number of carbonyl (C=O) groups is 2. The summed E-state index contributed by atoms with van der Waals surface area (Å²) >= 11 is 0. The fraction of sp³-hybridized carbons (Fsp3) is 0.417. The lowest BCUT2D eigenvalue weighted by atomic mass is 9.75. The molecule has 2 aromatic carbocycles. The lowest BCUT2D eigenvalue weighted by Crippen LogP contribution is -2.42. The lowest BCUT2D eigenvalue weighted by Gasteiger charge is -2.30. The van der Waals surface area contributed by atoms with E-state index in [1.807, 2.05) is 39.0 Å². The van der Waals surface area contributed by atoms with Gasteiger partial charge < -0.3 is 10.2 Å². The molecule has 2 aromatic rings. The summed E-state index contributed by atoms with van der Waals surface area (Å²) < 4.78 is 39.6. The number of para-hydroxylation sites is 1. The molecule has 7 heteroatoms. The van der Waals surface area contributed by atoms with Crippen LogP contribution in [0.5, 0.6) is 0 Å². The molecule has 1 saturated heterocycles. The van der Waals surface area contributed by atoms with Gasteiger partial charge in [0.15, 0.2) is 0 Å². The highest BCUT2D eigenvalue weighted by molar-refractivity contribution is 6.07. The molecule has 1 heterocycles. The first-order valence-electron chi connectivity index (χ1n) is 10.3. The van der Waals surface area contributed by atoms with Gasteiger partial charge in [-0.05, 0) is 62.1 Å². The van der Waals surface area contributed by atoms with E-state index in [-0.39, 0.29) is 18.1 Å². The molecule has 4 nitrogen and oxygen atoms in total. The maximum Gasteiger partial charge on any atom is 0.416 e. The molecular weight excluding hydrogens is 405 g/mol. The van der Waals surface area contributed by atoms with Gasteiger partial charge >= 0.3 is 6.18 Å². The number of nitrogens with one attached hydrogen (secondary N) is 1. The molecule has 2 atom stereocenters. The van der Waals surface area contributed by atoms with Crippen LogP contribution in [0.25, 0.3) is 0 Å². The second kappa shape index (κ2) is 8.02. The number of hydrogen-bond donors (Lipinski definition) is 1. The summed E-state index contributed by atoms with van der Waals surface area (Å²) in [6.45, 7) is 9.10. The SMILES string of the molecule is CCC1(C(=O)Nc2cc(C)cc(C(F)(F)F)c2)CN(c2c(C)cccc2C)C(=O)[C@H]1C. The zero-order valence-electron chi connectivity index (χ0n) is 18.4. The van der Waals surface area contributed by atoms with Crippen LogP contribution >= 0.6 is 0 Å². The number of benzene rings is 2. The van der Waals surface area contributed by atoms with Crippen LogP contribution in [-0.2, 0) is 15.8 Å². The molecule has 1 N–H and O–H groups in total. The first-order chi connectivity index (χ1) is 14.4. The molecule has 0 bridgehead atoms. The Hall–Kier alpha value is -2.83. The van der Waals surface area contributed by atoms with Gasteiger partial charge in [-0.1, -0.05) is 32.0 Å². The Labute approximate surface area is 180 Å². The number of hydrogen-bond acceptors (Lipinski definition) is 2. The molecule has 0 radical (unpaired) electrons. The van der Waals surface area contributed by atoms with E-state index in [9.17, 15) is 22.8 Å². The van der Waals surface area contributed by atoms with Crippen molar-refractivity contribution in [3.63, 3.8) is 0 Å². The minimum Gasteiger partial charge on any atom is -0.326 e. The molecule has 1 unspecified atom stereocenters. The molecule has 2 amide bonds. The Balaban J connectivity index is 1.96. The van der Waals surface area contributed by atoms with E-state index in [1.165, 1.54) is 6.07 Å². The smallest absolute Gasteiger partial charge is 0.326 e. The monoisotopic (exact) mass is 432 g/mol. The normalized spacial score (nSPS) is 21.5. The molecular formula is C24H27F3N2O2. The van der Waals surface area contributed by atoms with Gasteiger partial charge in [-0.25, -0.2) is 0 Å². The van der Waals surface area contributed by atoms with Crippen molar-refractivity contribution in [3.8, 4) is 0 Å². The summed E-state index contributed by atoms with van der Waals surface area (Å²) in [5, 5.41) is 2.66. The van der Waals surface area contributed by atoms with Gasteiger partial charge in [-0.3, -0.25) is 9.59 Å². The Morgan fingerprint density at radius 3 is 2.32 bits per heavy atom. The van der Waals surface area contributed by atoms with Crippen LogP contribution in [0.4, 0.5) is 24.5 Å². The second-order valence-electron chi connectivity index (χ2n) is 8.44. The first-order valence-corrected chi connectivity index (χ1v) is 10.3. The van der Waals surface area contributed by atoms with Crippen molar-refractivity contribution in [3.05, 3.63) is 58.7 Å². The van der Waals surface area contributed by atoms with Gasteiger partial charge in [0.25, 0.3) is 0 Å². The van der Waals surface area contributed by atoms with Crippen LogP contribution in [-0.4, -0.2) is 18.4 Å². The fourth-order valence-electron chi connectivity index (χ4n) is 4.51. The van der Waals surface area contributed by atoms with Crippen molar-refractivity contribution in [2.24, 2.45) is 11.3 Å². The maximum absolute atomic E-state index is 13.4. The third-order valence-corrected chi connectivity index (χ3v) is 6.36. The van der Waals surface area contributed by atoms with Crippen molar-refractivity contribution >= 4 is 23.2 Å². The average molecular weight is 432 g/mol. The summed E-state index contributed by atoms with van der Waals surface area (Å²) in [6.07, 6.45) is -4.13. The number of carbonyl (C=O) groups excluding carboxylic acids is 2. The van der Waals surface area contributed by atoms with E-state index in [0.717, 1.165) is 28.9 Å². The molecule has 1 aliphatic rings. The Morgan fingerprint density at radius 2 is 1.77 bits per heavy atom. The highest BCUT2D eigenvalue weighted by Crippen LogP contribution is 2.44. The predicted octanol–water partition coefficient (Wildman–Crippen LogP) is 5.65. The molecule has 31 heavy (non-hydrogen) atoms. The molecule has 0 aliphatic carbocycles. The summed E-state index contributed by atoms with van der Waals surface area (Å²) in [5.41, 5.74) is 1.26. The van der Waals surface area contributed by atoms with Gasteiger partial charge in [0.05, 0.1) is 16.9 Å². The molecule has 0 spiro atoms. The number of anilines is 2. The molecule has 3 rings (SSSR count). The van der Waals surface area contributed by atoms with Crippen LogP contribution < -0.4 is 10.2 Å². The predicted molar refractivity (Wildman–Crippen MR) is 115 cm³/mol. The van der Waals surface area contributed by atoms with Crippen molar-refractivity contribution in [2.45, 2.75) is 47.2 Å². The number of nitrogens with zero attached hydrogens (tertiary/aromatic N) is 1. The van der Waals surface area contributed by atoms with E-state index < -0.39 is 29.0 Å². The summed E-state index contributed by atoms with van der Waals surface area (Å²) in [6, 6.07) is 9.21. The Bertz CT molecular complexity index is 1010. The van der Waals surface area contributed by atoms with Gasteiger partial charge in [0.2, 0.25) is 11.8 Å². The summed E-state index contributed by atoms with van der Waals surface area (Å²) in [7, 11) is 0. The summed E-state index contributed by atoms with van der Waals surface area (Å²) in [5.74, 6) is -1.21. The van der Waals surface area contributed by atoms with Gasteiger partial charge in [0.1, 0.15) is 0 Å². The van der Waals surface area contributed by atoms with Crippen LogP contribution in [0, 0.1) is 32.1 Å². The standard InChI is InChI=1S/C24H27F3N2O2/c1-6-23(22(31)28-19-11-14(2)10-18(12-19)24(25,26)27)13-29(21(30)17(23)5)20-15(3)8-7-9-16(20)4/h7-12,17H,6,13H2,1-5H3,(H,28,31)/t17-,23?/m1/s1. The van der Waals surface area contributed by atoms with Crippen LogP contribution in [0.1, 0.15) is 42.5 Å².